The fourth-order valence-corrected chi connectivity index (χ4v) is 3.99. The monoisotopic (exact) mass is 457 g/mol. The number of alkyl halides is 3. The molecule has 8 heteroatoms. The quantitative estimate of drug-likeness (QED) is 0.551. The number of phenols is 1. The second-order valence-corrected chi connectivity index (χ2v) is 8.53. The van der Waals surface area contributed by atoms with E-state index in [1.54, 1.807) is 24.3 Å². The highest BCUT2D eigenvalue weighted by molar-refractivity contribution is 5.65. The number of benzene rings is 2. The average molecular weight is 457 g/mol. The predicted octanol–water partition coefficient (Wildman–Crippen LogP) is 5.47. The summed E-state index contributed by atoms with van der Waals surface area (Å²) in [5, 5.41) is 9.67. The molecule has 0 aliphatic carbocycles. The Kier molecular flexibility index (Phi) is 6.56. The molecule has 4 rings (SSSR count). The molecule has 5 nitrogen and oxygen atoms in total. The highest BCUT2D eigenvalue weighted by atomic mass is 19.4. The van der Waals surface area contributed by atoms with Gasteiger partial charge >= 0.3 is 6.36 Å². The fraction of sp³-hybridized carbons (Fsp3) is 0.360. The van der Waals surface area contributed by atoms with Crippen molar-refractivity contribution in [1.29, 1.82) is 0 Å². The van der Waals surface area contributed by atoms with Crippen LogP contribution in [0.4, 0.5) is 13.2 Å². The average Bonchev–Trinajstić information content (AvgIpc) is 2.96. The van der Waals surface area contributed by atoms with Gasteiger partial charge in [0.2, 0.25) is 0 Å². The van der Waals surface area contributed by atoms with Crippen molar-refractivity contribution in [3.05, 3.63) is 71.2 Å². The first-order valence-electron chi connectivity index (χ1n) is 10.9. The lowest BCUT2D eigenvalue weighted by atomic mass is 10.00. The van der Waals surface area contributed by atoms with Crippen LogP contribution < -0.4 is 4.74 Å². The van der Waals surface area contributed by atoms with Gasteiger partial charge in [-0.25, -0.2) is 9.97 Å². The molecule has 0 radical (unpaired) electrons. The van der Waals surface area contributed by atoms with E-state index in [0.29, 0.717) is 6.54 Å². The Morgan fingerprint density at radius 2 is 1.64 bits per heavy atom. The fourth-order valence-electron chi connectivity index (χ4n) is 3.99. The molecule has 0 amide bonds. The van der Waals surface area contributed by atoms with Crippen LogP contribution in [0.2, 0.25) is 0 Å². The maximum Gasteiger partial charge on any atom is 0.573 e. The number of hydrogen-bond donors (Lipinski definition) is 1. The van der Waals surface area contributed by atoms with Crippen LogP contribution in [-0.4, -0.2) is 39.4 Å². The number of ether oxygens (including phenoxy) is 1. The Balaban J connectivity index is 1.54. The highest BCUT2D eigenvalue weighted by Crippen LogP contribution is 2.30. The van der Waals surface area contributed by atoms with E-state index in [1.165, 1.54) is 12.1 Å². The second-order valence-electron chi connectivity index (χ2n) is 8.53. The molecule has 2 heterocycles. The molecule has 1 aromatic heterocycles. The SMILES string of the molecule is CC(C)c1nc2c(c(-c3ccc(O)cc3)n1)CCN(Cc1ccc(OC(F)(F)F)cc1)CC2. The molecule has 1 aliphatic rings. The van der Waals surface area contributed by atoms with E-state index >= 15 is 0 Å². The maximum atomic E-state index is 12.4. The van der Waals surface area contributed by atoms with Crippen molar-refractivity contribution in [2.45, 2.75) is 45.5 Å². The Labute approximate surface area is 190 Å². The standard InChI is InChI=1S/C25H26F3N3O2/c1-16(2)24-29-22-12-14-31(15-17-3-9-20(10-4-17)33-25(26,27)28)13-11-21(22)23(30-24)18-5-7-19(32)8-6-18/h3-10,16,32H,11-15H2,1-2H3. The van der Waals surface area contributed by atoms with Crippen LogP contribution in [0.1, 0.15) is 42.4 Å². The van der Waals surface area contributed by atoms with Crippen molar-refractivity contribution < 1.29 is 23.0 Å². The molecule has 1 aliphatic heterocycles. The van der Waals surface area contributed by atoms with Crippen molar-refractivity contribution in [2.75, 3.05) is 13.1 Å². The zero-order valence-electron chi connectivity index (χ0n) is 18.6. The molecule has 1 N–H and O–H groups in total. The maximum absolute atomic E-state index is 12.4. The Morgan fingerprint density at radius 1 is 0.970 bits per heavy atom. The molecular formula is C25H26F3N3O2. The van der Waals surface area contributed by atoms with Crippen molar-refractivity contribution in [2.24, 2.45) is 0 Å². The molecule has 3 aromatic rings. The van der Waals surface area contributed by atoms with Gasteiger partial charge in [0.25, 0.3) is 0 Å². The van der Waals surface area contributed by atoms with Crippen molar-refractivity contribution in [1.82, 2.24) is 14.9 Å². The van der Waals surface area contributed by atoms with Gasteiger partial charge in [-0.2, -0.15) is 0 Å². The minimum absolute atomic E-state index is 0.183. The molecule has 0 spiro atoms. The van der Waals surface area contributed by atoms with Gasteiger partial charge in [-0.3, -0.25) is 4.90 Å². The smallest absolute Gasteiger partial charge is 0.508 e. The third kappa shape index (κ3) is 5.82. The lowest BCUT2D eigenvalue weighted by Gasteiger charge is -2.20. The first-order chi connectivity index (χ1) is 15.7. The van der Waals surface area contributed by atoms with E-state index < -0.39 is 6.36 Å². The molecule has 174 valence electrons. The van der Waals surface area contributed by atoms with E-state index in [1.807, 2.05) is 12.1 Å². The minimum atomic E-state index is -4.69. The first-order valence-corrected chi connectivity index (χ1v) is 10.9. The van der Waals surface area contributed by atoms with Crippen LogP contribution in [0.5, 0.6) is 11.5 Å². The largest absolute Gasteiger partial charge is 0.573 e. The van der Waals surface area contributed by atoms with Gasteiger partial charge in [0.05, 0.1) is 5.69 Å². The molecule has 0 unspecified atom stereocenters. The molecule has 0 saturated heterocycles. The van der Waals surface area contributed by atoms with E-state index in [0.717, 1.165) is 59.8 Å². The number of hydrogen-bond acceptors (Lipinski definition) is 5. The summed E-state index contributed by atoms with van der Waals surface area (Å²) in [6.07, 6.45) is -3.17. The Bertz CT molecular complexity index is 1100. The van der Waals surface area contributed by atoms with E-state index in [9.17, 15) is 18.3 Å². The summed E-state index contributed by atoms with van der Waals surface area (Å²) in [4.78, 5) is 12.0. The highest BCUT2D eigenvalue weighted by Gasteiger charge is 2.31. The van der Waals surface area contributed by atoms with Crippen molar-refractivity contribution in [3.63, 3.8) is 0 Å². The normalized spacial score (nSPS) is 14.7. The van der Waals surface area contributed by atoms with Crippen LogP contribution in [0, 0.1) is 0 Å². The molecule has 0 fully saturated rings. The van der Waals surface area contributed by atoms with Crippen LogP contribution in [-0.2, 0) is 19.4 Å². The van der Waals surface area contributed by atoms with Crippen LogP contribution in [0.25, 0.3) is 11.3 Å². The van der Waals surface area contributed by atoms with E-state index in [4.69, 9.17) is 9.97 Å². The zero-order chi connectivity index (χ0) is 23.6. The molecule has 33 heavy (non-hydrogen) atoms. The van der Waals surface area contributed by atoms with Gasteiger partial charge in [0.1, 0.15) is 17.3 Å². The third-order valence-electron chi connectivity index (χ3n) is 5.67. The van der Waals surface area contributed by atoms with E-state index in [-0.39, 0.29) is 17.4 Å². The Morgan fingerprint density at radius 3 is 2.27 bits per heavy atom. The van der Waals surface area contributed by atoms with Gasteiger partial charge in [-0.15, -0.1) is 13.2 Å². The minimum Gasteiger partial charge on any atom is -0.508 e. The second kappa shape index (κ2) is 9.39. The zero-order valence-corrected chi connectivity index (χ0v) is 18.6. The lowest BCUT2D eigenvalue weighted by molar-refractivity contribution is -0.274. The summed E-state index contributed by atoms with van der Waals surface area (Å²) in [5.74, 6) is 0.971. The van der Waals surface area contributed by atoms with Crippen LogP contribution >= 0.6 is 0 Å². The number of aromatic nitrogens is 2. The number of phenolic OH excluding ortho intramolecular Hbond substituents is 1. The van der Waals surface area contributed by atoms with Crippen LogP contribution in [0.15, 0.2) is 48.5 Å². The number of rotatable bonds is 5. The molecule has 0 bridgehead atoms. The van der Waals surface area contributed by atoms with Gasteiger partial charge in [-0.1, -0.05) is 26.0 Å². The summed E-state index contributed by atoms with van der Waals surface area (Å²) in [6, 6.07) is 13.1. The number of nitrogens with zero attached hydrogens (tertiary/aromatic N) is 3. The topological polar surface area (TPSA) is 58.5 Å². The van der Waals surface area contributed by atoms with Crippen LogP contribution in [0.3, 0.4) is 0 Å². The molecule has 2 aromatic carbocycles. The van der Waals surface area contributed by atoms with Crippen molar-refractivity contribution >= 4 is 0 Å². The van der Waals surface area contributed by atoms with Gasteiger partial charge in [-0.05, 0) is 48.4 Å². The predicted molar refractivity (Wildman–Crippen MR) is 119 cm³/mol. The first kappa shape index (κ1) is 23.0. The van der Waals surface area contributed by atoms with Gasteiger partial charge < -0.3 is 9.84 Å². The van der Waals surface area contributed by atoms with E-state index in [2.05, 4.69) is 23.5 Å². The third-order valence-corrected chi connectivity index (χ3v) is 5.67. The molecule has 0 atom stereocenters. The summed E-state index contributed by atoms with van der Waals surface area (Å²) in [5.41, 5.74) is 4.92. The summed E-state index contributed by atoms with van der Waals surface area (Å²) < 4.78 is 41.1. The summed E-state index contributed by atoms with van der Waals surface area (Å²) in [7, 11) is 0. The Hall–Kier alpha value is -3.13. The lowest BCUT2D eigenvalue weighted by Crippen LogP contribution is -2.26. The van der Waals surface area contributed by atoms with Crippen molar-refractivity contribution in [3.8, 4) is 22.8 Å². The molecule has 0 saturated carbocycles. The number of fused-ring (bicyclic) bond motifs is 1. The number of halogens is 3. The van der Waals surface area contributed by atoms with Gasteiger partial charge in [0.15, 0.2) is 0 Å². The summed E-state index contributed by atoms with van der Waals surface area (Å²) >= 11 is 0. The summed E-state index contributed by atoms with van der Waals surface area (Å²) in [6.45, 7) is 6.33. The molecular weight excluding hydrogens is 431 g/mol. The number of aromatic hydroxyl groups is 1. The van der Waals surface area contributed by atoms with Gasteiger partial charge in [0, 0.05) is 48.8 Å².